The molecule has 3 nitrogen and oxygen atoms in total. The second kappa shape index (κ2) is 4.77. The highest BCUT2D eigenvalue weighted by Gasteiger charge is 2.17. The summed E-state index contributed by atoms with van der Waals surface area (Å²) in [5, 5.41) is 4.29. The third kappa shape index (κ3) is 2.35. The first-order valence-corrected chi connectivity index (χ1v) is 5.74. The second-order valence-corrected chi connectivity index (χ2v) is 4.49. The van der Waals surface area contributed by atoms with E-state index in [1.807, 2.05) is 0 Å². The van der Waals surface area contributed by atoms with E-state index in [0.717, 1.165) is 12.1 Å². The number of hydrogen-bond acceptors (Lipinski definition) is 3. The van der Waals surface area contributed by atoms with Crippen molar-refractivity contribution in [3.63, 3.8) is 0 Å². The first-order chi connectivity index (χ1) is 8.49. The average molecular weight is 272 g/mol. The number of aryl methyl sites for hydroxylation is 1. The van der Waals surface area contributed by atoms with Crippen LogP contribution >= 0.6 is 11.3 Å². The fourth-order valence-electron chi connectivity index (χ4n) is 1.28. The number of carbonyl (C=O) groups excluding carboxylic acids is 1. The minimum Gasteiger partial charge on any atom is -0.318 e. The minimum atomic E-state index is -1.62. The lowest BCUT2D eigenvalue weighted by Gasteiger charge is -2.05. The van der Waals surface area contributed by atoms with Crippen LogP contribution in [0.3, 0.4) is 0 Å². The Bertz CT molecular complexity index is 612. The van der Waals surface area contributed by atoms with Crippen LogP contribution in [-0.4, -0.2) is 10.9 Å². The lowest BCUT2D eigenvalue weighted by atomic mass is 10.2. The number of amides is 1. The molecule has 0 saturated heterocycles. The molecule has 1 amide bonds. The molecule has 0 saturated carbocycles. The molecule has 7 heteroatoms. The molecule has 1 N–H and O–H groups in total. The van der Waals surface area contributed by atoms with Gasteiger partial charge in [0, 0.05) is 5.38 Å². The van der Waals surface area contributed by atoms with Crippen molar-refractivity contribution in [1.29, 1.82) is 0 Å². The highest BCUT2D eigenvalue weighted by Crippen LogP contribution is 2.20. The number of benzene rings is 1. The van der Waals surface area contributed by atoms with E-state index in [2.05, 4.69) is 10.3 Å². The SMILES string of the molecule is Cc1nc(C(=O)Nc2ccc(F)c(F)c2F)cs1. The van der Waals surface area contributed by atoms with Crippen molar-refractivity contribution in [1.82, 2.24) is 4.98 Å². The van der Waals surface area contributed by atoms with E-state index in [0.29, 0.717) is 5.01 Å². The summed E-state index contributed by atoms with van der Waals surface area (Å²) in [6, 6.07) is 1.69. The summed E-state index contributed by atoms with van der Waals surface area (Å²) in [5.41, 5.74) is -0.328. The minimum absolute atomic E-state index is 0.0987. The zero-order valence-corrected chi connectivity index (χ0v) is 9.95. The number of nitrogens with zero attached hydrogens (tertiary/aromatic N) is 1. The number of thiazole rings is 1. The smallest absolute Gasteiger partial charge is 0.275 e. The third-order valence-electron chi connectivity index (χ3n) is 2.14. The highest BCUT2D eigenvalue weighted by atomic mass is 32.1. The maximum absolute atomic E-state index is 13.3. The maximum Gasteiger partial charge on any atom is 0.275 e. The summed E-state index contributed by atoms with van der Waals surface area (Å²) >= 11 is 1.25. The van der Waals surface area contributed by atoms with Gasteiger partial charge < -0.3 is 5.32 Å². The molecule has 18 heavy (non-hydrogen) atoms. The molecule has 2 rings (SSSR count). The summed E-state index contributed by atoms with van der Waals surface area (Å²) in [5.74, 6) is -5.04. The summed E-state index contributed by atoms with van der Waals surface area (Å²) < 4.78 is 38.9. The van der Waals surface area contributed by atoms with Gasteiger partial charge in [-0.05, 0) is 19.1 Å². The Balaban J connectivity index is 2.25. The number of nitrogens with one attached hydrogen (secondary N) is 1. The van der Waals surface area contributed by atoms with Gasteiger partial charge >= 0.3 is 0 Å². The second-order valence-electron chi connectivity index (χ2n) is 3.43. The Morgan fingerprint density at radius 3 is 2.61 bits per heavy atom. The van der Waals surface area contributed by atoms with Crippen molar-refractivity contribution in [2.75, 3.05) is 5.32 Å². The summed E-state index contributed by atoms with van der Waals surface area (Å²) in [6.45, 7) is 1.71. The molecule has 0 unspecified atom stereocenters. The number of rotatable bonds is 2. The predicted octanol–water partition coefficient (Wildman–Crippen LogP) is 3.12. The van der Waals surface area contributed by atoms with Crippen molar-refractivity contribution < 1.29 is 18.0 Å². The van der Waals surface area contributed by atoms with Gasteiger partial charge in [0.2, 0.25) is 0 Å². The summed E-state index contributed by atoms with van der Waals surface area (Å²) in [6.07, 6.45) is 0. The molecule has 0 fully saturated rings. The lowest BCUT2D eigenvalue weighted by Crippen LogP contribution is -2.14. The van der Waals surface area contributed by atoms with E-state index >= 15 is 0 Å². The van der Waals surface area contributed by atoms with Crippen molar-refractivity contribution in [2.24, 2.45) is 0 Å². The van der Waals surface area contributed by atoms with Crippen LogP contribution in [0.5, 0.6) is 0 Å². The molecule has 0 bridgehead atoms. The molecule has 0 radical (unpaired) electrons. The van der Waals surface area contributed by atoms with Crippen molar-refractivity contribution in [3.8, 4) is 0 Å². The molecule has 0 atom stereocenters. The van der Waals surface area contributed by atoms with Crippen LogP contribution in [0.4, 0.5) is 18.9 Å². The summed E-state index contributed by atoms with van der Waals surface area (Å²) in [7, 11) is 0. The van der Waals surface area contributed by atoms with Gasteiger partial charge in [-0.3, -0.25) is 4.79 Å². The van der Waals surface area contributed by atoms with Crippen LogP contribution < -0.4 is 5.32 Å². The standard InChI is InChI=1S/C11H7F3N2OS/c1-5-15-8(4-18-5)11(17)16-7-3-2-6(12)9(13)10(7)14/h2-4H,1H3,(H,16,17). The molecule has 1 aromatic carbocycles. The fraction of sp³-hybridized carbons (Fsp3) is 0.0909. The molecule has 1 heterocycles. The first-order valence-electron chi connectivity index (χ1n) is 4.86. The van der Waals surface area contributed by atoms with E-state index in [1.165, 1.54) is 16.7 Å². The van der Waals surface area contributed by atoms with E-state index in [9.17, 15) is 18.0 Å². The van der Waals surface area contributed by atoms with Gasteiger partial charge in [0.05, 0.1) is 10.7 Å². The molecule has 0 aliphatic heterocycles. The lowest BCUT2D eigenvalue weighted by molar-refractivity contribution is 0.102. The Labute approximate surface area is 104 Å². The average Bonchev–Trinajstić information content (AvgIpc) is 2.77. The number of hydrogen-bond donors (Lipinski definition) is 1. The molecule has 94 valence electrons. The topological polar surface area (TPSA) is 42.0 Å². The van der Waals surface area contributed by atoms with E-state index in [4.69, 9.17) is 0 Å². The Morgan fingerprint density at radius 1 is 1.28 bits per heavy atom. The van der Waals surface area contributed by atoms with Crippen LogP contribution in [0.25, 0.3) is 0 Å². The Kier molecular flexibility index (Phi) is 3.33. The monoisotopic (exact) mass is 272 g/mol. The van der Waals surface area contributed by atoms with Gasteiger partial charge in [-0.25, -0.2) is 18.2 Å². The predicted molar refractivity (Wildman–Crippen MR) is 61.1 cm³/mol. The number of anilines is 1. The Morgan fingerprint density at radius 2 is 2.00 bits per heavy atom. The molecular weight excluding hydrogens is 265 g/mol. The number of halogens is 3. The van der Waals surface area contributed by atoms with Crippen LogP contribution in [0, 0.1) is 24.4 Å². The van der Waals surface area contributed by atoms with Gasteiger partial charge in [-0.1, -0.05) is 0 Å². The van der Waals surface area contributed by atoms with Crippen molar-refractivity contribution >= 4 is 22.9 Å². The Hall–Kier alpha value is -1.89. The van der Waals surface area contributed by atoms with Crippen LogP contribution in [0.15, 0.2) is 17.5 Å². The maximum atomic E-state index is 13.3. The third-order valence-corrected chi connectivity index (χ3v) is 2.91. The fourth-order valence-corrected chi connectivity index (χ4v) is 1.87. The van der Waals surface area contributed by atoms with E-state index in [1.54, 1.807) is 6.92 Å². The van der Waals surface area contributed by atoms with Crippen LogP contribution in [0.2, 0.25) is 0 Å². The van der Waals surface area contributed by atoms with Gasteiger partial charge in [-0.2, -0.15) is 0 Å². The van der Waals surface area contributed by atoms with Crippen molar-refractivity contribution in [2.45, 2.75) is 6.92 Å². The zero-order valence-electron chi connectivity index (χ0n) is 9.13. The van der Waals surface area contributed by atoms with Gasteiger partial charge in [0.25, 0.3) is 5.91 Å². The van der Waals surface area contributed by atoms with Crippen molar-refractivity contribution in [3.05, 3.63) is 45.7 Å². The first kappa shape index (κ1) is 12.6. The molecule has 0 spiro atoms. The van der Waals surface area contributed by atoms with E-state index < -0.39 is 29.0 Å². The molecule has 0 aliphatic carbocycles. The summed E-state index contributed by atoms with van der Waals surface area (Å²) in [4.78, 5) is 15.5. The molecule has 2 aromatic rings. The zero-order chi connectivity index (χ0) is 13.3. The molecular formula is C11H7F3N2OS. The number of carbonyl (C=O) groups is 1. The molecule has 1 aromatic heterocycles. The van der Waals surface area contributed by atoms with Gasteiger partial charge in [0.15, 0.2) is 17.5 Å². The normalized spacial score (nSPS) is 10.4. The molecule has 0 aliphatic rings. The van der Waals surface area contributed by atoms with Crippen LogP contribution in [-0.2, 0) is 0 Å². The largest absolute Gasteiger partial charge is 0.318 e. The van der Waals surface area contributed by atoms with Gasteiger partial charge in [0.1, 0.15) is 5.69 Å². The van der Waals surface area contributed by atoms with E-state index in [-0.39, 0.29) is 5.69 Å². The highest BCUT2D eigenvalue weighted by molar-refractivity contribution is 7.09. The van der Waals surface area contributed by atoms with Gasteiger partial charge in [-0.15, -0.1) is 11.3 Å². The number of aromatic nitrogens is 1. The quantitative estimate of drug-likeness (QED) is 0.853. The van der Waals surface area contributed by atoms with Crippen LogP contribution in [0.1, 0.15) is 15.5 Å².